The van der Waals surface area contributed by atoms with Crippen LogP contribution >= 0.6 is 0 Å². The fourth-order valence-corrected chi connectivity index (χ4v) is 2.20. The molecular weight excluding hydrogens is 252 g/mol. The molecule has 118 valence electrons. The van der Waals surface area contributed by atoms with Crippen molar-refractivity contribution in [3.05, 3.63) is 11.8 Å². The lowest BCUT2D eigenvalue weighted by Gasteiger charge is -2.12. The van der Waals surface area contributed by atoms with Crippen molar-refractivity contribution in [2.45, 2.75) is 78.6 Å². The topological polar surface area (TPSA) is 46.5 Å². The third-order valence-electron chi connectivity index (χ3n) is 3.39. The van der Waals surface area contributed by atoms with Gasteiger partial charge in [-0.3, -0.25) is 4.79 Å². The maximum atomic E-state index is 11.2. The fourth-order valence-electron chi connectivity index (χ4n) is 2.20. The predicted molar refractivity (Wildman–Crippen MR) is 83.7 cm³/mol. The zero-order chi connectivity index (χ0) is 15.2. The van der Waals surface area contributed by atoms with Gasteiger partial charge >= 0.3 is 5.97 Å². The molecule has 3 nitrogen and oxygen atoms in total. The molecule has 0 aromatic rings. The van der Waals surface area contributed by atoms with Crippen LogP contribution in [0.4, 0.5) is 0 Å². The van der Waals surface area contributed by atoms with Gasteiger partial charge in [0.15, 0.2) is 0 Å². The van der Waals surface area contributed by atoms with Gasteiger partial charge in [-0.25, -0.2) is 0 Å². The first kappa shape index (κ1) is 19.0. The van der Waals surface area contributed by atoms with Gasteiger partial charge in [0.25, 0.3) is 0 Å². The van der Waals surface area contributed by atoms with Crippen LogP contribution in [0, 0.1) is 5.92 Å². The quantitative estimate of drug-likeness (QED) is 0.375. The fraction of sp³-hybridized carbons (Fsp3) is 0.824. The molecule has 1 N–H and O–H groups in total. The first-order chi connectivity index (χ1) is 9.57. The summed E-state index contributed by atoms with van der Waals surface area (Å²) in [7, 11) is 0. The maximum Gasteiger partial charge on any atom is 0.306 e. The van der Waals surface area contributed by atoms with Crippen molar-refractivity contribution in [3.63, 3.8) is 0 Å². The Morgan fingerprint density at radius 1 is 1.05 bits per heavy atom. The van der Waals surface area contributed by atoms with E-state index in [0.29, 0.717) is 6.61 Å². The van der Waals surface area contributed by atoms with E-state index in [2.05, 4.69) is 6.92 Å². The summed E-state index contributed by atoms with van der Waals surface area (Å²) in [6.07, 6.45) is 11.4. The van der Waals surface area contributed by atoms with Crippen molar-refractivity contribution >= 4 is 5.97 Å². The van der Waals surface area contributed by atoms with E-state index >= 15 is 0 Å². The molecule has 0 aliphatic carbocycles. The van der Waals surface area contributed by atoms with E-state index < -0.39 is 5.97 Å². The Morgan fingerprint density at radius 3 is 2.25 bits per heavy atom. The molecule has 0 aromatic carbocycles. The molecular formula is C17H32O3. The van der Waals surface area contributed by atoms with E-state index in [1.807, 2.05) is 13.8 Å². The van der Waals surface area contributed by atoms with Crippen LogP contribution in [-0.4, -0.2) is 17.7 Å². The van der Waals surface area contributed by atoms with Gasteiger partial charge in [-0.1, -0.05) is 45.4 Å². The number of hydrogen-bond acceptors (Lipinski definition) is 2. The van der Waals surface area contributed by atoms with Gasteiger partial charge in [-0.15, -0.1) is 0 Å². The zero-order valence-electron chi connectivity index (χ0n) is 13.5. The van der Waals surface area contributed by atoms with E-state index in [1.54, 1.807) is 6.26 Å². The van der Waals surface area contributed by atoms with E-state index in [9.17, 15) is 9.90 Å². The molecule has 0 spiro atoms. The molecule has 0 saturated heterocycles. The van der Waals surface area contributed by atoms with Gasteiger partial charge < -0.3 is 9.84 Å². The number of aliphatic carboxylic acids is 1. The SMILES string of the molecule is CCCCCCCCC(CCCOC=C(C)C)C(=O)O. The maximum absolute atomic E-state index is 11.2. The number of unbranched alkanes of at least 4 members (excludes halogenated alkanes) is 5. The van der Waals surface area contributed by atoms with Crippen molar-refractivity contribution in [1.29, 1.82) is 0 Å². The average Bonchev–Trinajstić information content (AvgIpc) is 2.39. The number of carboxylic acid groups (broad SMARTS) is 1. The van der Waals surface area contributed by atoms with Gasteiger partial charge in [0.1, 0.15) is 0 Å². The van der Waals surface area contributed by atoms with E-state index in [4.69, 9.17) is 4.74 Å². The van der Waals surface area contributed by atoms with Gasteiger partial charge in [0.05, 0.1) is 18.8 Å². The van der Waals surface area contributed by atoms with Gasteiger partial charge in [0.2, 0.25) is 0 Å². The van der Waals surface area contributed by atoms with E-state index in [1.165, 1.54) is 25.7 Å². The first-order valence-electron chi connectivity index (χ1n) is 8.05. The highest BCUT2D eigenvalue weighted by Gasteiger charge is 2.16. The Balaban J connectivity index is 3.66. The Hall–Kier alpha value is -0.990. The van der Waals surface area contributed by atoms with Gasteiger partial charge in [-0.2, -0.15) is 0 Å². The van der Waals surface area contributed by atoms with Crippen LogP contribution in [0.25, 0.3) is 0 Å². The number of carboxylic acids is 1. The number of allylic oxidation sites excluding steroid dienone is 1. The minimum Gasteiger partial charge on any atom is -0.501 e. The molecule has 0 fully saturated rings. The van der Waals surface area contributed by atoms with E-state index in [-0.39, 0.29) is 5.92 Å². The summed E-state index contributed by atoms with van der Waals surface area (Å²) in [5, 5.41) is 9.21. The van der Waals surface area contributed by atoms with Crippen molar-refractivity contribution < 1.29 is 14.6 Å². The summed E-state index contributed by atoms with van der Waals surface area (Å²) < 4.78 is 5.34. The number of ether oxygens (including phenoxy) is 1. The summed E-state index contributed by atoms with van der Waals surface area (Å²) in [6, 6.07) is 0. The second-order valence-electron chi connectivity index (χ2n) is 5.80. The van der Waals surface area contributed by atoms with Crippen LogP contribution in [-0.2, 0) is 9.53 Å². The van der Waals surface area contributed by atoms with Crippen LogP contribution in [0.1, 0.15) is 78.6 Å². The molecule has 0 radical (unpaired) electrons. The zero-order valence-corrected chi connectivity index (χ0v) is 13.5. The summed E-state index contributed by atoms with van der Waals surface area (Å²) in [5.74, 6) is -0.850. The Labute approximate surface area is 124 Å². The lowest BCUT2D eigenvalue weighted by Crippen LogP contribution is -2.14. The third kappa shape index (κ3) is 12.1. The lowest BCUT2D eigenvalue weighted by molar-refractivity contribution is -0.142. The lowest BCUT2D eigenvalue weighted by atomic mass is 9.96. The van der Waals surface area contributed by atoms with Crippen molar-refractivity contribution in [3.8, 4) is 0 Å². The molecule has 0 saturated carbocycles. The molecule has 3 heteroatoms. The van der Waals surface area contributed by atoms with Crippen LogP contribution in [0.5, 0.6) is 0 Å². The second-order valence-corrected chi connectivity index (χ2v) is 5.80. The number of hydrogen-bond donors (Lipinski definition) is 1. The normalized spacial score (nSPS) is 11.9. The first-order valence-corrected chi connectivity index (χ1v) is 8.05. The molecule has 0 bridgehead atoms. The molecule has 0 aliphatic rings. The average molecular weight is 284 g/mol. The van der Waals surface area contributed by atoms with E-state index in [0.717, 1.165) is 37.7 Å². The van der Waals surface area contributed by atoms with Gasteiger partial charge in [-0.05, 0) is 38.7 Å². The molecule has 20 heavy (non-hydrogen) atoms. The molecule has 1 atom stereocenters. The Bertz CT molecular complexity index is 267. The van der Waals surface area contributed by atoms with Crippen molar-refractivity contribution in [2.24, 2.45) is 5.92 Å². The highest BCUT2D eigenvalue weighted by atomic mass is 16.5. The predicted octanol–water partition coefficient (Wildman–Crippen LogP) is 5.16. The molecule has 0 amide bonds. The van der Waals surface area contributed by atoms with Crippen molar-refractivity contribution in [2.75, 3.05) is 6.61 Å². The van der Waals surface area contributed by atoms with Crippen LogP contribution in [0.3, 0.4) is 0 Å². The van der Waals surface area contributed by atoms with Crippen LogP contribution < -0.4 is 0 Å². The highest BCUT2D eigenvalue weighted by molar-refractivity contribution is 5.69. The third-order valence-corrected chi connectivity index (χ3v) is 3.39. The number of carbonyl (C=O) groups is 1. The van der Waals surface area contributed by atoms with Crippen LogP contribution in [0.2, 0.25) is 0 Å². The monoisotopic (exact) mass is 284 g/mol. The highest BCUT2D eigenvalue weighted by Crippen LogP contribution is 2.17. The molecule has 1 unspecified atom stereocenters. The smallest absolute Gasteiger partial charge is 0.306 e. The van der Waals surface area contributed by atoms with Crippen molar-refractivity contribution in [1.82, 2.24) is 0 Å². The minimum absolute atomic E-state index is 0.198. The largest absolute Gasteiger partial charge is 0.501 e. The second kappa shape index (κ2) is 13.0. The summed E-state index contributed by atoms with van der Waals surface area (Å²) in [5.41, 5.74) is 1.13. The summed E-state index contributed by atoms with van der Waals surface area (Å²) in [6.45, 7) is 6.79. The minimum atomic E-state index is -0.652. The molecule has 0 rings (SSSR count). The summed E-state index contributed by atoms with van der Waals surface area (Å²) >= 11 is 0. The van der Waals surface area contributed by atoms with Gasteiger partial charge in [0, 0.05) is 0 Å². The van der Waals surface area contributed by atoms with Crippen LogP contribution in [0.15, 0.2) is 11.8 Å². The summed E-state index contributed by atoms with van der Waals surface area (Å²) in [4.78, 5) is 11.2. The standard InChI is InChI=1S/C17H32O3/c1-4-5-6-7-8-9-11-16(17(18)19)12-10-13-20-14-15(2)3/h14,16H,4-13H2,1-3H3,(H,18,19). The Morgan fingerprint density at radius 2 is 1.65 bits per heavy atom. The molecule has 0 aliphatic heterocycles. The molecule has 0 heterocycles. The number of rotatable bonds is 13. The molecule has 0 aromatic heterocycles. The Kier molecular flexibility index (Phi) is 12.4.